The molecule has 2 aliphatic heterocycles. The topological polar surface area (TPSA) is 48.9 Å². The third-order valence-electron chi connectivity index (χ3n) is 6.56. The third kappa shape index (κ3) is 5.49. The molecule has 6 nitrogen and oxygen atoms in total. The van der Waals surface area contributed by atoms with E-state index in [2.05, 4.69) is 33.0 Å². The number of hydrogen-bond acceptors (Lipinski definition) is 5. The molecule has 0 bridgehead atoms. The van der Waals surface area contributed by atoms with Gasteiger partial charge in [0, 0.05) is 57.6 Å². The van der Waals surface area contributed by atoms with Crippen molar-refractivity contribution in [3.8, 4) is 5.75 Å². The van der Waals surface area contributed by atoms with Crippen LogP contribution in [-0.4, -0.2) is 64.9 Å². The molecule has 1 saturated heterocycles. The van der Waals surface area contributed by atoms with Gasteiger partial charge in [-0.15, -0.1) is 0 Å². The number of piperazine rings is 1. The lowest BCUT2D eigenvalue weighted by molar-refractivity contribution is 0.0727. The molecule has 5 rings (SSSR count). The zero-order valence-electron chi connectivity index (χ0n) is 19.5. The number of carbonyl (C=O) groups excluding carboxylic acids is 1. The summed E-state index contributed by atoms with van der Waals surface area (Å²) in [6.45, 7) is 6.43. The van der Waals surface area contributed by atoms with Crippen LogP contribution in [-0.2, 0) is 19.6 Å². The Hall–Kier alpha value is -3.36. The molecule has 182 valence electrons. The highest BCUT2D eigenvalue weighted by molar-refractivity contribution is 5.94. The number of carbonyl (C=O) groups is 1. The van der Waals surface area contributed by atoms with E-state index in [0.29, 0.717) is 13.2 Å². The summed E-state index contributed by atoms with van der Waals surface area (Å²) in [4.78, 5) is 23.7. The number of hydrogen-bond donors (Lipinski definition) is 0. The minimum atomic E-state index is -1.11. The highest BCUT2D eigenvalue weighted by Gasteiger charge is 2.25. The van der Waals surface area contributed by atoms with Crippen molar-refractivity contribution >= 4 is 5.91 Å². The molecule has 0 radical (unpaired) electrons. The second-order valence-electron chi connectivity index (χ2n) is 8.99. The van der Waals surface area contributed by atoms with Gasteiger partial charge in [0.25, 0.3) is 5.91 Å². The van der Waals surface area contributed by atoms with E-state index >= 15 is 0 Å². The van der Waals surface area contributed by atoms with Gasteiger partial charge in [0.05, 0.1) is 17.8 Å². The monoisotopic (exact) mass is 478 g/mol. The lowest BCUT2D eigenvalue weighted by Crippen LogP contribution is -2.45. The van der Waals surface area contributed by atoms with E-state index in [1.165, 1.54) is 17.0 Å². The van der Waals surface area contributed by atoms with Crippen LogP contribution in [0.15, 0.2) is 60.8 Å². The Morgan fingerprint density at radius 2 is 1.71 bits per heavy atom. The van der Waals surface area contributed by atoms with Crippen molar-refractivity contribution in [2.75, 3.05) is 39.3 Å². The average molecular weight is 479 g/mol. The zero-order chi connectivity index (χ0) is 24.2. The second-order valence-corrected chi connectivity index (χ2v) is 8.99. The Morgan fingerprint density at radius 1 is 0.914 bits per heavy atom. The quantitative estimate of drug-likeness (QED) is 0.560. The molecule has 1 amide bonds. The van der Waals surface area contributed by atoms with Gasteiger partial charge in [-0.3, -0.25) is 19.6 Å². The summed E-state index contributed by atoms with van der Waals surface area (Å²) in [5.41, 5.74) is 2.84. The van der Waals surface area contributed by atoms with Crippen LogP contribution in [0.4, 0.5) is 8.78 Å². The predicted octanol–water partition coefficient (Wildman–Crippen LogP) is 3.71. The Bertz CT molecular complexity index is 1180. The molecular formula is C27H28F2N4O2. The molecule has 3 aromatic rings. The van der Waals surface area contributed by atoms with Gasteiger partial charge in [-0.1, -0.05) is 18.2 Å². The average Bonchev–Trinajstić information content (AvgIpc) is 3.09. The molecule has 3 heterocycles. The van der Waals surface area contributed by atoms with Crippen LogP contribution >= 0.6 is 0 Å². The largest absolute Gasteiger partial charge is 0.491 e. The number of rotatable bonds is 5. The molecule has 0 spiro atoms. The van der Waals surface area contributed by atoms with Crippen LogP contribution in [0.1, 0.15) is 27.2 Å². The maximum atomic E-state index is 14.2. The Kier molecular flexibility index (Phi) is 7.01. The number of pyridine rings is 1. The lowest BCUT2D eigenvalue weighted by atomic mass is 10.1. The molecular weight excluding hydrogens is 450 g/mol. The second kappa shape index (κ2) is 10.5. The first kappa shape index (κ1) is 23.4. The van der Waals surface area contributed by atoms with Gasteiger partial charge in [-0.05, 0) is 42.0 Å². The number of aromatic nitrogens is 1. The van der Waals surface area contributed by atoms with Crippen LogP contribution in [0.5, 0.6) is 5.75 Å². The maximum absolute atomic E-state index is 14.2. The molecule has 2 aliphatic rings. The lowest BCUT2D eigenvalue weighted by Gasteiger charge is -2.34. The van der Waals surface area contributed by atoms with Crippen molar-refractivity contribution in [1.82, 2.24) is 19.7 Å². The predicted molar refractivity (Wildman–Crippen MR) is 128 cm³/mol. The minimum absolute atomic E-state index is 0.256. The number of amides is 1. The van der Waals surface area contributed by atoms with Gasteiger partial charge in [-0.25, -0.2) is 8.78 Å². The number of ether oxygens (including phenoxy) is 1. The molecule has 0 saturated carbocycles. The van der Waals surface area contributed by atoms with Crippen molar-refractivity contribution in [1.29, 1.82) is 0 Å². The fraction of sp³-hybridized carbons (Fsp3) is 0.333. The van der Waals surface area contributed by atoms with E-state index in [4.69, 9.17) is 4.74 Å². The number of benzene rings is 2. The summed E-state index contributed by atoms with van der Waals surface area (Å²) in [5, 5.41) is 0. The van der Waals surface area contributed by atoms with Gasteiger partial charge >= 0.3 is 0 Å². The van der Waals surface area contributed by atoms with Crippen LogP contribution in [0, 0.1) is 11.6 Å². The molecule has 8 heteroatoms. The van der Waals surface area contributed by atoms with Crippen molar-refractivity contribution in [2.45, 2.75) is 19.6 Å². The number of nitrogens with zero attached hydrogens (tertiary/aromatic N) is 4. The Morgan fingerprint density at radius 3 is 2.49 bits per heavy atom. The summed E-state index contributed by atoms with van der Waals surface area (Å²) >= 11 is 0. The van der Waals surface area contributed by atoms with Crippen LogP contribution in [0.3, 0.4) is 0 Å². The fourth-order valence-electron chi connectivity index (χ4n) is 4.64. The maximum Gasteiger partial charge on any atom is 0.257 e. The summed E-state index contributed by atoms with van der Waals surface area (Å²) in [7, 11) is 0. The summed E-state index contributed by atoms with van der Waals surface area (Å²) in [6.07, 6.45) is 1.83. The smallest absolute Gasteiger partial charge is 0.257 e. The van der Waals surface area contributed by atoms with Gasteiger partial charge in [-0.2, -0.15) is 0 Å². The normalized spacial score (nSPS) is 16.9. The van der Waals surface area contributed by atoms with E-state index in [9.17, 15) is 13.6 Å². The first-order chi connectivity index (χ1) is 17.1. The Labute approximate surface area is 203 Å². The molecule has 0 atom stereocenters. The van der Waals surface area contributed by atoms with Gasteiger partial charge in [0.1, 0.15) is 12.4 Å². The van der Waals surface area contributed by atoms with E-state index in [1.54, 1.807) is 0 Å². The van der Waals surface area contributed by atoms with Gasteiger partial charge in [0.15, 0.2) is 11.6 Å². The van der Waals surface area contributed by atoms with E-state index in [0.717, 1.165) is 67.9 Å². The van der Waals surface area contributed by atoms with Crippen LogP contribution in [0.2, 0.25) is 0 Å². The standard InChI is InChI=1S/C27H28F2N4O2/c28-24-6-3-5-23(26(24)29)27(34)33-14-15-35-25-8-7-20(16-21(25)18-33)17-31-10-12-32(13-11-31)19-22-4-1-2-9-30-22/h1-9,16H,10-15,17-19H2. The van der Waals surface area contributed by atoms with Crippen LogP contribution in [0.25, 0.3) is 0 Å². The van der Waals surface area contributed by atoms with Gasteiger partial charge < -0.3 is 9.64 Å². The van der Waals surface area contributed by atoms with Crippen molar-refractivity contribution in [3.05, 3.63) is 94.8 Å². The fourth-order valence-corrected chi connectivity index (χ4v) is 4.64. The molecule has 1 fully saturated rings. The molecule has 2 aromatic carbocycles. The van der Waals surface area contributed by atoms with Crippen molar-refractivity contribution < 1.29 is 18.3 Å². The van der Waals surface area contributed by atoms with Gasteiger partial charge in [0.2, 0.25) is 0 Å². The van der Waals surface area contributed by atoms with E-state index in [-0.39, 0.29) is 12.1 Å². The van der Waals surface area contributed by atoms with E-state index in [1.807, 2.05) is 24.4 Å². The first-order valence-electron chi connectivity index (χ1n) is 11.9. The molecule has 0 N–H and O–H groups in total. The van der Waals surface area contributed by atoms with Crippen molar-refractivity contribution in [2.24, 2.45) is 0 Å². The SMILES string of the molecule is O=C(c1cccc(F)c1F)N1CCOc2ccc(CN3CCN(Cc4ccccn4)CC3)cc2C1. The highest BCUT2D eigenvalue weighted by Crippen LogP contribution is 2.26. The molecule has 1 aromatic heterocycles. The first-order valence-corrected chi connectivity index (χ1v) is 11.9. The zero-order valence-corrected chi connectivity index (χ0v) is 19.5. The number of fused-ring (bicyclic) bond motifs is 1. The molecule has 0 unspecified atom stereocenters. The molecule has 35 heavy (non-hydrogen) atoms. The highest BCUT2D eigenvalue weighted by atomic mass is 19.2. The summed E-state index contributed by atoms with van der Waals surface area (Å²) < 4.78 is 33.7. The van der Waals surface area contributed by atoms with Crippen LogP contribution < -0.4 is 4.74 Å². The number of halogens is 2. The van der Waals surface area contributed by atoms with E-state index < -0.39 is 17.5 Å². The third-order valence-corrected chi connectivity index (χ3v) is 6.56. The summed E-state index contributed by atoms with van der Waals surface area (Å²) in [6, 6.07) is 15.7. The minimum Gasteiger partial charge on any atom is -0.491 e. The Balaban J connectivity index is 1.22. The van der Waals surface area contributed by atoms with Crippen molar-refractivity contribution in [3.63, 3.8) is 0 Å². The molecule has 0 aliphatic carbocycles. The summed E-state index contributed by atoms with van der Waals surface area (Å²) in [5.74, 6) is -1.94.